The van der Waals surface area contributed by atoms with Crippen LogP contribution in [0.2, 0.25) is 0 Å². The van der Waals surface area contributed by atoms with Crippen LogP contribution in [0.1, 0.15) is 36.7 Å². The predicted molar refractivity (Wildman–Crippen MR) is 126 cm³/mol. The molecule has 5 N–H and O–H groups in total. The summed E-state index contributed by atoms with van der Waals surface area (Å²) in [6.45, 7) is 6.62. The van der Waals surface area contributed by atoms with Gasteiger partial charge in [-0.15, -0.1) is 0 Å². The Labute approximate surface area is 196 Å². The first kappa shape index (κ1) is 25.3. The number of hydrogen-bond acceptors (Lipinski definition) is 8. The average molecular weight is 489 g/mol. The Balaban J connectivity index is 1.75. The number of ether oxygens (including phenoxy) is 1. The topological polar surface area (TPSA) is 174 Å². The number of nitrogens with two attached hydrogens (primary N) is 1. The van der Waals surface area contributed by atoms with E-state index in [4.69, 9.17) is 10.5 Å². The molecule has 3 rings (SSSR count). The summed E-state index contributed by atoms with van der Waals surface area (Å²) in [6.07, 6.45) is 1.94. The number of anilines is 1. The quantitative estimate of drug-likeness (QED) is 0.309. The fraction of sp³-hybridized carbons (Fsp3) is 0.381. The average Bonchev–Trinajstić information content (AvgIpc) is 3.16. The molecule has 0 aliphatic heterocycles. The van der Waals surface area contributed by atoms with Gasteiger partial charge in [0.1, 0.15) is 23.7 Å². The van der Waals surface area contributed by atoms with Gasteiger partial charge >= 0.3 is 5.97 Å². The van der Waals surface area contributed by atoms with Crippen LogP contribution in [-0.4, -0.2) is 54.5 Å². The molecule has 0 bridgehead atoms. The van der Waals surface area contributed by atoms with Crippen molar-refractivity contribution in [2.75, 3.05) is 12.1 Å². The van der Waals surface area contributed by atoms with E-state index in [2.05, 4.69) is 25.1 Å². The smallest absolute Gasteiger partial charge is 0.323 e. The highest BCUT2D eigenvalue weighted by atomic mass is 31.2. The van der Waals surface area contributed by atoms with E-state index in [1.165, 1.54) is 20.2 Å². The van der Waals surface area contributed by atoms with Gasteiger partial charge in [-0.05, 0) is 39.8 Å². The molecule has 0 saturated heterocycles. The van der Waals surface area contributed by atoms with Crippen LogP contribution in [0, 0.1) is 6.92 Å². The number of benzene rings is 1. The number of fused-ring (bicyclic) bond motifs is 1. The first-order valence-electron chi connectivity index (χ1n) is 10.4. The van der Waals surface area contributed by atoms with Crippen molar-refractivity contribution in [3.63, 3.8) is 0 Å². The van der Waals surface area contributed by atoms with Crippen molar-refractivity contribution in [2.24, 2.45) is 0 Å². The van der Waals surface area contributed by atoms with Gasteiger partial charge in [0.05, 0.1) is 19.0 Å². The van der Waals surface area contributed by atoms with Gasteiger partial charge in [0, 0.05) is 5.56 Å². The third kappa shape index (κ3) is 5.96. The van der Waals surface area contributed by atoms with E-state index in [9.17, 15) is 19.3 Å². The first-order valence-corrected chi connectivity index (χ1v) is 12.3. The number of imidazole rings is 1. The summed E-state index contributed by atoms with van der Waals surface area (Å²) in [5, 5.41) is 14.5. The van der Waals surface area contributed by atoms with Gasteiger partial charge in [-0.2, -0.15) is 0 Å². The van der Waals surface area contributed by atoms with E-state index in [0.717, 1.165) is 5.56 Å². The van der Waals surface area contributed by atoms with Crippen molar-refractivity contribution >= 4 is 36.3 Å². The lowest BCUT2D eigenvalue weighted by Crippen LogP contribution is -2.48. The lowest BCUT2D eigenvalue weighted by atomic mass is 10.1. The molecular formula is C21H28N7O5P. The maximum absolute atomic E-state index is 13.7. The van der Waals surface area contributed by atoms with Gasteiger partial charge in [0.2, 0.25) is 0 Å². The van der Waals surface area contributed by atoms with Gasteiger partial charge in [0.25, 0.3) is 13.4 Å². The molecule has 2 aromatic heterocycles. The molecule has 12 nitrogen and oxygen atoms in total. The summed E-state index contributed by atoms with van der Waals surface area (Å²) in [4.78, 5) is 36.6. The van der Waals surface area contributed by atoms with Crippen molar-refractivity contribution < 1.29 is 24.0 Å². The van der Waals surface area contributed by atoms with Crippen LogP contribution in [0.4, 0.5) is 5.82 Å². The SMILES string of the molecule is Cc1ccc(C(=O)N[P@](=O)(CO[C@H](C)Cn2cnc3c(N)ncnc32)NC(C)(C)C(=O)O)cc1. The molecule has 0 radical (unpaired) electrons. The van der Waals surface area contributed by atoms with Crippen molar-refractivity contribution in [3.05, 3.63) is 48.0 Å². The maximum atomic E-state index is 13.7. The number of nitrogen functional groups attached to an aromatic ring is 1. The van der Waals surface area contributed by atoms with Crippen molar-refractivity contribution in [3.8, 4) is 0 Å². The summed E-state index contributed by atoms with van der Waals surface area (Å²) in [7, 11) is -3.85. The molecule has 13 heteroatoms. The van der Waals surface area contributed by atoms with Crippen molar-refractivity contribution in [1.29, 1.82) is 0 Å². The van der Waals surface area contributed by atoms with Crippen molar-refractivity contribution in [2.45, 2.75) is 45.9 Å². The molecule has 0 aliphatic carbocycles. The monoisotopic (exact) mass is 489 g/mol. The highest BCUT2D eigenvalue weighted by Crippen LogP contribution is 2.39. The number of nitrogens with zero attached hydrogens (tertiary/aromatic N) is 4. The second-order valence-electron chi connectivity index (χ2n) is 8.52. The molecule has 0 saturated carbocycles. The molecule has 0 spiro atoms. The standard InChI is InChI=1S/C21H28N7O5P/c1-13-5-7-15(8-6-13)19(29)26-34(32,27-21(3,4)20(30)31)12-33-14(2)9-28-11-25-16-17(22)23-10-24-18(16)28/h5-8,10-11,14H,9,12H2,1-4H3,(H,30,31)(H2,22,23,24)(H2,26,27,29,32)/t14-,34-/m1/s1. The van der Waals surface area contributed by atoms with Gasteiger partial charge in [0.15, 0.2) is 11.5 Å². The molecule has 182 valence electrons. The zero-order chi connectivity index (χ0) is 25.1. The highest BCUT2D eigenvalue weighted by Gasteiger charge is 2.37. The van der Waals surface area contributed by atoms with Gasteiger partial charge in [-0.3, -0.25) is 19.2 Å². The third-order valence-corrected chi connectivity index (χ3v) is 7.01. The van der Waals surface area contributed by atoms with Crippen LogP contribution in [-0.2, 0) is 20.6 Å². The second-order valence-corrected chi connectivity index (χ2v) is 10.7. The van der Waals surface area contributed by atoms with Crippen LogP contribution < -0.4 is 15.9 Å². The third-order valence-electron chi connectivity index (χ3n) is 5.01. The summed E-state index contributed by atoms with van der Waals surface area (Å²) in [5.74, 6) is -1.59. The molecule has 2 atom stereocenters. The van der Waals surface area contributed by atoms with E-state index < -0.39 is 37.3 Å². The number of rotatable bonds is 10. The zero-order valence-electron chi connectivity index (χ0n) is 19.3. The molecule has 1 aromatic carbocycles. The number of nitrogens with one attached hydrogen (secondary N) is 2. The van der Waals surface area contributed by atoms with Crippen LogP contribution >= 0.6 is 7.44 Å². The lowest BCUT2D eigenvalue weighted by molar-refractivity contribution is -0.142. The molecule has 34 heavy (non-hydrogen) atoms. The van der Waals surface area contributed by atoms with Crippen molar-refractivity contribution in [1.82, 2.24) is 29.7 Å². The molecule has 3 aromatic rings. The fourth-order valence-electron chi connectivity index (χ4n) is 3.12. The number of carboxylic acid groups (broad SMARTS) is 1. The lowest BCUT2D eigenvalue weighted by Gasteiger charge is -2.29. The fourth-order valence-corrected chi connectivity index (χ4v) is 5.22. The number of aryl methyl sites for hydroxylation is 1. The minimum absolute atomic E-state index is 0.251. The Kier molecular flexibility index (Phi) is 7.35. The van der Waals surface area contributed by atoms with Crippen LogP contribution in [0.5, 0.6) is 0 Å². The van der Waals surface area contributed by atoms with Gasteiger partial charge < -0.3 is 20.1 Å². The Bertz CT molecular complexity index is 1240. The molecule has 2 heterocycles. The zero-order valence-corrected chi connectivity index (χ0v) is 20.2. The molecule has 0 aliphatic rings. The first-order chi connectivity index (χ1) is 15.9. The largest absolute Gasteiger partial charge is 0.480 e. The van der Waals surface area contributed by atoms with Gasteiger partial charge in [-0.25, -0.2) is 20.0 Å². The second kappa shape index (κ2) is 9.88. The Hall–Kier alpha value is -3.34. The number of carbonyl (C=O) groups is 2. The number of amides is 1. The number of aliphatic carboxylic acids is 1. The Morgan fingerprint density at radius 2 is 1.91 bits per heavy atom. The van der Waals surface area contributed by atoms with Crippen LogP contribution in [0.3, 0.4) is 0 Å². The summed E-state index contributed by atoms with van der Waals surface area (Å²) in [6, 6.07) is 6.69. The molecular weight excluding hydrogens is 461 g/mol. The van der Waals surface area contributed by atoms with E-state index in [-0.39, 0.29) is 11.4 Å². The minimum atomic E-state index is -3.85. The molecule has 0 unspecified atom stereocenters. The number of hydrogen-bond donors (Lipinski definition) is 4. The normalized spacial score (nSPS) is 14.5. The van der Waals surface area contributed by atoms with E-state index in [0.29, 0.717) is 17.7 Å². The highest BCUT2D eigenvalue weighted by molar-refractivity contribution is 7.60. The summed E-state index contributed by atoms with van der Waals surface area (Å²) in [5.41, 5.74) is 6.44. The number of carbonyl (C=O) groups excluding carboxylic acids is 1. The summed E-state index contributed by atoms with van der Waals surface area (Å²) >= 11 is 0. The Morgan fingerprint density at radius 1 is 1.24 bits per heavy atom. The maximum Gasteiger partial charge on any atom is 0.323 e. The number of carboxylic acids is 1. The number of aromatic nitrogens is 4. The van der Waals surface area contributed by atoms with Gasteiger partial charge in [-0.1, -0.05) is 17.7 Å². The van der Waals surface area contributed by atoms with Crippen LogP contribution in [0.15, 0.2) is 36.9 Å². The van der Waals surface area contributed by atoms with E-state index in [1.807, 2.05) is 6.92 Å². The summed E-state index contributed by atoms with van der Waals surface area (Å²) < 4.78 is 21.2. The van der Waals surface area contributed by atoms with E-state index >= 15 is 0 Å². The Morgan fingerprint density at radius 3 is 2.56 bits per heavy atom. The predicted octanol–water partition coefficient (Wildman–Crippen LogP) is 2.16. The van der Waals surface area contributed by atoms with Crippen LogP contribution in [0.25, 0.3) is 11.2 Å². The van der Waals surface area contributed by atoms with E-state index in [1.54, 1.807) is 42.1 Å². The minimum Gasteiger partial charge on any atom is -0.480 e. The molecule has 1 amide bonds. The molecule has 0 fully saturated rings.